The maximum absolute atomic E-state index is 12.5. The minimum Gasteiger partial charge on any atom is -0.323 e. The van der Waals surface area contributed by atoms with Crippen molar-refractivity contribution in [3.05, 3.63) is 85.5 Å². The summed E-state index contributed by atoms with van der Waals surface area (Å²) < 4.78 is 2.19. The molecule has 0 saturated heterocycles. The van der Waals surface area contributed by atoms with Crippen LogP contribution < -0.4 is 22.4 Å². The van der Waals surface area contributed by atoms with E-state index in [9.17, 15) is 19.2 Å². The van der Waals surface area contributed by atoms with Crippen molar-refractivity contribution in [2.45, 2.75) is 19.6 Å². The van der Waals surface area contributed by atoms with E-state index in [0.717, 1.165) is 9.13 Å². The molecule has 1 aromatic heterocycles. The molecule has 144 valence electrons. The molecule has 1 amide bonds. The number of amides is 1. The molecule has 1 N–H and O–H groups in total. The smallest absolute Gasteiger partial charge is 0.323 e. The van der Waals surface area contributed by atoms with Gasteiger partial charge >= 0.3 is 17.1 Å². The van der Waals surface area contributed by atoms with Crippen LogP contribution in [0.2, 0.25) is 5.02 Å². The first kappa shape index (κ1) is 20.7. The Hall–Kier alpha value is -3.64. The lowest BCUT2D eigenvalue weighted by molar-refractivity contribution is -0.116. The van der Waals surface area contributed by atoms with E-state index in [1.807, 2.05) is 6.07 Å². The molecule has 0 saturated carbocycles. The highest BCUT2D eigenvalue weighted by Gasteiger charge is 2.17. The van der Waals surface area contributed by atoms with Crippen LogP contribution in [0, 0.1) is 11.3 Å². The number of hydrogen-bond acceptors (Lipinski definition) is 5. The summed E-state index contributed by atoms with van der Waals surface area (Å²) in [5.74, 6) is -0.744. The largest absolute Gasteiger partial charge is 0.337 e. The standard InChI is InChI=1S/C18H16ClN5O4/c1-3-7-22-16(26)23(8-4-2)18(28)24(17(22)27)11-15(25)21-14-9-13(19)6-5-12(14)10-20/h3-6,9H,1-2,7-8,11H2,(H,21,25). The van der Waals surface area contributed by atoms with Crippen molar-refractivity contribution in [1.29, 1.82) is 5.26 Å². The van der Waals surface area contributed by atoms with E-state index < -0.39 is 29.5 Å². The summed E-state index contributed by atoms with van der Waals surface area (Å²) in [7, 11) is 0. The Kier molecular flexibility index (Phi) is 6.52. The zero-order chi connectivity index (χ0) is 20.8. The van der Waals surface area contributed by atoms with Crippen LogP contribution in [0.1, 0.15) is 5.56 Å². The highest BCUT2D eigenvalue weighted by Crippen LogP contribution is 2.20. The predicted octanol–water partition coefficient (Wildman–Crippen LogP) is 0.707. The number of nitriles is 1. The number of anilines is 1. The van der Waals surface area contributed by atoms with Gasteiger partial charge in [0.05, 0.1) is 24.3 Å². The van der Waals surface area contributed by atoms with E-state index in [0.29, 0.717) is 9.59 Å². The SMILES string of the molecule is C=CCn1c(=O)n(CC=C)c(=O)n(CC(=O)Nc2cc(Cl)ccc2C#N)c1=O. The third-order valence-electron chi connectivity index (χ3n) is 3.69. The summed E-state index contributed by atoms with van der Waals surface area (Å²) in [5, 5.41) is 11.8. The van der Waals surface area contributed by atoms with Gasteiger partial charge in [-0.05, 0) is 18.2 Å². The number of nitrogens with one attached hydrogen (secondary N) is 1. The first-order chi connectivity index (χ1) is 13.3. The number of benzene rings is 1. The number of carbonyl (C=O) groups is 1. The first-order valence-electron chi connectivity index (χ1n) is 7.99. The minimum atomic E-state index is -0.947. The molecule has 1 aromatic carbocycles. The van der Waals surface area contributed by atoms with Crippen LogP contribution in [0.15, 0.2) is 57.9 Å². The Morgan fingerprint density at radius 2 is 1.61 bits per heavy atom. The highest BCUT2D eigenvalue weighted by atomic mass is 35.5. The molecule has 2 aromatic rings. The van der Waals surface area contributed by atoms with E-state index in [1.54, 1.807) is 0 Å². The van der Waals surface area contributed by atoms with Gasteiger partial charge in [-0.2, -0.15) is 5.26 Å². The molecule has 1 heterocycles. The highest BCUT2D eigenvalue weighted by molar-refractivity contribution is 6.31. The molecule has 0 aliphatic heterocycles. The molecular formula is C18H16ClN5O4. The van der Waals surface area contributed by atoms with Crippen LogP contribution in [0.3, 0.4) is 0 Å². The van der Waals surface area contributed by atoms with Gasteiger partial charge in [-0.15, -0.1) is 13.2 Å². The molecule has 0 spiro atoms. The lowest BCUT2D eigenvalue weighted by Gasteiger charge is -2.12. The van der Waals surface area contributed by atoms with Crippen molar-refractivity contribution in [3.8, 4) is 6.07 Å². The van der Waals surface area contributed by atoms with Crippen LogP contribution in [0.5, 0.6) is 0 Å². The number of rotatable bonds is 7. The quantitative estimate of drug-likeness (QED) is 0.685. The summed E-state index contributed by atoms with van der Waals surface area (Å²) >= 11 is 5.87. The van der Waals surface area contributed by atoms with Crippen LogP contribution in [-0.2, 0) is 24.4 Å². The van der Waals surface area contributed by atoms with Crippen LogP contribution in [0.25, 0.3) is 0 Å². The van der Waals surface area contributed by atoms with E-state index in [2.05, 4.69) is 18.5 Å². The van der Waals surface area contributed by atoms with Crippen molar-refractivity contribution in [1.82, 2.24) is 13.7 Å². The Morgan fingerprint density at radius 3 is 2.11 bits per heavy atom. The summed E-state index contributed by atoms with van der Waals surface area (Å²) in [6.07, 6.45) is 2.64. The summed E-state index contributed by atoms with van der Waals surface area (Å²) in [6, 6.07) is 6.18. The van der Waals surface area contributed by atoms with Crippen molar-refractivity contribution in [2.75, 3.05) is 5.32 Å². The number of hydrogen-bond donors (Lipinski definition) is 1. The summed E-state index contributed by atoms with van der Waals surface area (Å²) in [5.41, 5.74) is -2.42. The summed E-state index contributed by atoms with van der Waals surface area (Å²) in [6.45, 7) is 6.01. The lowest BCUT2D eigenvalue weighted by Crippen LogP contribution is -2.55. The fourth-order valence-electron chi connectivity index (χ4n) is 2.44. The van der Waals surface area contributed by atoms with Gasteiger partial charge in [0.25, 0.3) is 0 Å². The zero-order valence-electron chi connectivity index (χ0n) is 14.7. The molecule has 0 aliphatic carbocycles. The lowest BCUT2D eigenvalue weighted by atomic mass is 10.2. The second kappa shape index (κ2) is 8.83. The second-order valence-corrected chi connectivity index (χ2v) is 6.02. The van der Waals surface area contributed by atoms with Gasteiger partial charge in [-0.1, -0.05) is 23.8 Å². The van der Waals surface area contributed by atoms with E-state index in [-0.39, 0.29) is 24.3 Å². The average molecular weight is 402 g/mol. The maximum Gasteiger partial charge on any atom is 0.337 e. The number of halogens is 1. The first-order valence-corrected chi connectivity index (χ1v) is 8.37. The molecular weight excluding hydrogens is 386 g/mol. The fourth-order valence-corrected chi connectivity index (χ4v) is 2.61. The number of nitrogens with zero attached hydrogens (tertiary/aromatic N) is 4. The molecule has 9 nitrogen and oxygen atoms in total. The Balaban J connectivity index is 2.49. The van der Waals surface area contributed by atoms with Gasteiger partial charge in [0, 0.05) is 5.02 Å². The van der Waals surface area contributed by atoms with Crippen molar-refractivity contribution < 1.29 is 4.79 Å². The van der Waals surface area contributed by atoms with Crippen LogP contribution in [0.4, 0.5) is 5.69 Å². The summed E-state index contributed by atoms with van der Waals surface area (Å²) in [4.78, 5) is 49.7. The van der Waals surface area contributed by atoms with Gasteiger partial charge in [-0.25, -0.2) is 28.1 Å². The molecule has 2 rings (SSSR count). The fraction of sp³-hybridized carbons (Fsp3) is 0.167. The van der Waals surface area contributed by atoms with Crippen molar-refractivity contribution in [3.63, 3.8) is 0 Å². The predicted molar refractivity (Wildman–Crippen MR) is 104 cm³/mol. The van der Waals surface area contributed by atoms with Crippen molar-refractivity contribution >= 4 is 23.2 Å². The van der Waals surface area contributed by atoms with Gasteiger partial charge < -0.3 is 5.32 Å². The third-order valence-corrected chi connectivity index (χ3v) is 3.92. The molecule has 0 aliphatic rings. The number of carbonyl (C=O) groups excluding carboxylic acids is 1. The van der Waals surface area contributed by atoms with E-state index >= 15 is 0 Å². The second-order valence-electron chi connectivity index (χ2n) is 5.58. The Labute approximate surface area is 164 Å². The zero-order valence-corrected chi connectivity index (χ0v) is 15.5. The van der Waals surface area contributed by atoms with Gasteiger partial charge in [-0.3, -0.25) is 4.79 Å². The monoisotopic (exact) mass is 401 g/mol. The molecule has 28 heavy (non-hydrogen) atoms. The number of aromatic nitrogens is 3. The molecule has 10 heteroatoms. The molecule has 0 fully saturated rings. The van der Waals surface area contributed by atoms with E-state index in [4.69, 9.17) is 16.9 Å². The normalized spacial score (nSPS) is 10.1. The Morgan fingerprint density at radius 1 is 1.07 bits per heavy atom. The molecule has 0 unspecified atom stereocenters. The Bertz CT molecular complexity index is 1120. The maximum atomic E-state index is 12.5. The average Bonchev–Trinajstić information content (AvgIpc) is 2.66. The third kappa shape index (κ3) is 4.19. The van der Waals surface area contributed by atoms with Gasteiger partial charge in [0.1, 0.15) is 12.6 Å². The van der Waals surface area contributed by atoms with Crippen LogP contribution >= 0.6 is 11.6 Å². The van der Waals surface area contributed by atoms with E-state index in [1.165, 1.54) is 30.4 Å². The van der Waals surface area contributed by atoms with Gasteiger partial charge in [0.15, 0.2) is 0 Å². The van der Waals surface area contributed by atoms with Gasteiger partial charge in [0.2, 0.25) is 5.91 Å². The topological polar surface area (TPSA) is 119 Å². The minimum absolute atomic E-state index is 0.135. The van der Waals surface area contributed by atoms with Crippen LogP contribution in [-0.4, -0.2) is 19.6 Å². The molecule has 0 bridgehead atoms. The number of allylic oxidation sites excluding steroid dienone is 2. The molecule has 0 atom stereocenters. The van der Waals surface area contributed by atoms with Crippen molar-refractivity contribution in [2.24, 2.45) is 0 Å². The molecule has 0 radical (unpaired) electrons.